The summed E-state index contributed by atoms with van der Waals surface area (Å²) in [7, 11) is 2.18. The summed E-state index contributed by atoms with van der Waals surface area (Å²) in [4.78, 5) is 2.38. The smallest absolute Gasteiger partial charge is 0.0645 e. The van der Waals surface area contributed by atoms with Crippen LogP contribution in [-0.2, 0) is 0 Å². The Labute approximate surface area is 63.6 Å². The second-order valence-corrected chi connectivity index (χ2v) is 4.20. The van der Waals surface area contributed by atoms with Crippen LogP contribution >= 0.6 is 0 Å². The Morgan fingerprint density at radius 3 is 2.20 bits per heavy atom. The van der Waals surface area contributed by atoms with Crippen molar-refractivity contribution < 1.29 is 0 Å². The summed E-state index contributed by atoms with van der Waals surface area (Å²) in [6.45, 7) is 9.13. The highest BCUT2D eigenvalue weighted by molar-refractivity contribution is 4.84. The van der Waals surface area contributed by atoms with Crippen LogP contribution in [0.1, 0.15) is 20.8 Å². The van der Waals surface area contributed by atoms with Crippen molar-refractivity contribution in [1.82, 2.24) is 10.2 Å². The van der Waals surface area contributed by atoms with Crippen LogP contribution in [0.4, 0.5) is 0 Å². The summed E-state index contributed by atoms with van der Waals surface area (Å²) in [6, 6.07) is 0. The van der Waals surface area contributed by atoms with Gasteiger partial charge in [-0.2, -0.15) is 0 Å². The highest BCUT2D eigenvalue weighted by atomic mass is 15.3. The van der Waals surface area contributed by atoms with E-state index in [2.05, 4.69) is 38.0 Å². The van der Waals surface area contributed by atoms with Crippen molar-refractivity contribution in [3.05, 3.63) is 0 Å². The molecule has 0 radical (unpaired) electrons. The van der Waals surface area contributed by atoms with E-state index in [1.165, 1.54) is 6.54 Å². The highest BCUT2D eigenvalue weighted by Crippen LogP contribution is 2.23. The van der Waals surface area contributed by atoms with Gasteiger partial charge in [0, 0.05) is 13.1 Å². The van der Waals surface area contributed by atoms with Gasteiger partial charge >= 0.3 is 0 Å². The molecule has 0 aliphatic carbocycles. The van der Waals surface area contributed by atoms with Gasteiger partial charge in [-0.15, -0.1) is 0 Å². The normalized spacial score (nSPS) is 29.4. The van der Waals surface area contributed by atoms with E-state index in [4.69, 9.17) is 0 Å². The molecular formula is C8H18N2. The van der Waals surface area contributed by atoms with Crippen LogP contribution in [-0.4, -0.2) is 31.2 Å². The molecule has 0 bridgehead atoms. The van der Waals surface area contributed by atoms with Crippen molar-refractivity contribution in [3.8, 4) is 0 Å². The first-order valence-corrected chi connectivity index (χ1v) is 3.95. The Bertz CT molecular complexity index is 115. The molecule has 0 aromatic carbocycles. The maximum Gasteiger partial charge on any atom is 0.0645 e. The van der Waals surface area contributed by atoms with Gasteiger partial charge in [0.1, 0.15) is 0 Å². The topological polar surface area (TPSA) is 15.3 Å². The minimum absolute atomic E-state index is 0.366. The zero-order valence-corrected chi connectivity index (χ0v) is 7.44. The minimum atomic E-state index is 0.366. The fourth-order valence-corrected chi connectivity index (χ4v) is 1.63. The van der Waals surface area contributed by atoms with Crippen molar-refractivity contribution in [2.45, 2.75) is 26.9 Å². The van der Waals surface area contributed by atoms with Crippen LogP contribution in [0.5, 0.6) is 0 Å². The number of nitrogens with one attached hydrogen (secondary N) is 1. The molecule has 1 fully saturated rings. The van der Waals surface area contributed by atoms with Crippen LogP contribution in [0.3, 0.4) is 0 Å². The Balaban J connectivity index is 2.55. The summed E-state index contributed by atoms with van der Waals surface area (Å²) in [6.07, 6.45) is 0.562. The van der Waals surface area contributed by atoms with Crippen molar-refractivity contribution in [1.29, 1.82) is 0 Å². The summed E-state index contributed by atoms with van der Waals surface area (Å²) >= 11 is 0. The van der Waals surface area contributed by atoms with Gasteiger partial charge in [-0.1, -0.05) is 20.8 Å². The van der Waals surface area contributed by atoms with Crippen molar-refractivity contribution in [2.24, 2.45) is 5.41 Å². The SMILES string of the molecule is CN1CCN[C@H]1C(C)(C)C. The monoisotopic (exact) mass is 142 g/mol. The van der Waals surface area contributed by atoms with Gasteiger partial charge < -0.3 is 5.32 Å². The van der Waals surface area contributed by atoms with Crippen molar-refractivity contribution in [2.75, 3.05) is 20.1 Å². The third-order valence-corrected chi connectivity index (χ3v) is 2.06. The van der Waals surface area contributed by atoms with E-state index < -0.39 is 0 Å². The van der Waals surface area contributed by atoms with Crippen LogP contribution in [0, 0.1) is 5.41 Å². The Hall–Kier alpha value is -0.0800. The standard InChI is InChI=1S/C8H18N2/c1-8(2,3)7-9-5-6-10(7)4/h7,9H,5-6H2,1-4H3/t7-/m1/s1. The third kappa shape index (κ3) is 1.50. The van der Waals surface area contributed by atoms with E-state index in [-0.39, 0.29) is 0 Å². The van der Waals surface area contributed by atoms with Gasteiger partial charge in [0.25, 0.3) is 0 Å². The molecule has 0 spiro atoms. The minimum Gasteiger partial charge on any atom is -0.300 e. The third-order valence-electron chi connectivity index (χ3n) is 2.06. The van der Waals surface area contributed by atoms with Crippen LogP contribution < -0.4 is 5.32 Å². The van der Waals surface area contributed by atoms with Crippen LogP contribution in [0.25, 0.3) is 0 Å². The molecule has 0 saturated carbocycles. The second-order valence-electron chi connectivity index (χ2n) is 4.20. The number of hydrogen-bond donors (Lipinski definition) is 1. The van der Waals surface area contributed by atoms with Gasteiger partial charge in [-0.3, -0.25) is 4.90 Å². The largest absolute Gasteiger partial charge is 0.300 e. The number of rotatable bonds is 0. The molecule has 10 heavy (non-hydrogen) atoms. The first-order chi connectivity index (χ1) is 4.52. The molecule has 0 unspecified atom stereocenters. The average molecular weight is 142 g/mol. The van der Waals surface area contributed by atoms with Crippen LogP contribution in [0.2, 0.25) is 0 Å². The molecule has 1 atom stereocenters. The summed E-state index contributed by atoms with van der Waals surface area (Å²) in [5.74, 6) is 0. The van der Waals surface area contributed by atoms with Gasteiger partial charge in [0.2, 0.25) is 0 Å². The second kappa shape index (κ2) is 2.51. The molecule has 2 heteroatoms. The van der Waals surface area contributed by atoms with E-state index in [9.17, 15) is 0 Å². The Morgan fingerprint density at radius 2 is 2.00 bits per heavy atom. The van der Waals surface area contributed by atoms with Gasteiger partial charge in [0.15, 0.2) is 0 Å². The first-order valence-electron chi connectivity index (χ1n) is 3.95. The van der Waals surface area contributed by atoms with E-state index in [0.717, 1.165) is 6.54 Å². The molecular weight excluding hydrogens is 124 g/mol. The first kappa shape index (κ1) is 8.02. The molecule has 0 amide bonds. The molecule has 60 valence electrons. The quantitative estimate of drug-likeness (QED) is 0.540. The van der Waals surface area contributed by atoms with E-state index in [0.29, 0.717) is 11.6 Å². The fraction of sp³-hybridized carbons (Fsp3) is 1.00. The number of likely N-dealkylation sites (N-methyl/N-ethyl adjacent to an activating group) is 1. The molecule has 1 saturated heterocycles. The molecule has 0 aromatic rings. The lowest BCUT2D eigenvalue weighted by Gasteiger charge is -2.32. The maximum atomic E-state index is 3.47. The molecule has 1 N–H and O–H groups in total. The lowest BCUT2D eigenvalue weighted by atomic mass is 9.92. The summed E-state index contributed by atoms with van der Waals surface area (Å²) in [5, 5.41) is 3.47. The van der Waals surface area contributed by atoms with Crippen molar-refractivity contribution >= 4 is 0 Å². The van der Waals surface area contributed by atoms with E-state index in [1.807, 2.05) is 0 Å². The number of nitrogens with zero attached hydrogens (tertiary/aromatic N) is 1. The molecule has 2 nitrogen and oxygen atoms in total. The van der Waals surface area contributed by atoms with Crippen LogP contribution in [0.15, 0.2) is 0 Å². The molecule has 1 rings (SSSR count). The Morgan fingerprint density at radius 1 is 1.40 bits per heavy atom. The zero-order chi connectivity index (χ0) is 7.78. The summed E-state index contributed by atoms with van der Waals surface area (Å²) < 4.78 is 0. The predicted octanol–water partition coefficient (Wildman–Crippen LogP) is 0.894. The average Bonchev–Trinajstić information content (AvgIpc) is 2.11. The molecule has 1 aliphatic rings. The maximum absolute atomic E-state index is 3.47. The molecule has 1 aliphatic heterocycles. The Kier molecular flexibility index (Phi) is 2.02. The summed E-state index contributed by atoms with van der Waals surface area (Å²) in [5.41, 5.74) is 0.366. The lowest BCUT2D eigenvalue weighted by molar-refractivity contribution is 0.152. The highest BCUT2D eigenvalue weighted by Gasteiger charge is 2.30. The zero-order valence-electron chi connectivity index (χ0n) is 7.44. The predicted molar refractivity (Wildman–Crippen MR) is 43.9 cm³/mol. The molecule has 1 heterocycles. The fourth-order valence-electron chi connectivity index (χ4n) is 1.63. The van der Waals surface area contributed by atoms with E-state index in [1.54, 1.807) is 0 Å². The van der Waals surface area contributed by atoms with Gasteiger partial charge in [0.05, 0.1) is 6.17 Å². The lowest BCUT2D eigenvalue weighted by Crippen LogP contribution is -2.43. The molecule has 0 aromatic heterocycles. The van der Waals surface area contributed by atoms with Crippen molar-refractivity contribution in [3.63, 3.8) is 0 Å². The van der Waals surface area contributed by atoms with E-state index >= 15 is 0 Å². The van der Waals surface area contributed by atoms with Gasteiger partial charge in [-0.25, -0.2) is 0 Å². The van der Waals surface area contributed by atoms with Gasteiger partial charge in [-0.05, 0) is 12.5 Å². The number of hydrogen-bond acceptors (Lipinski definition) is 2.